The Bertz CT molecular complexity index is 1170. The van der Waals surface area contributed by atoms with E-state index in [1.54, 1.807) is 18.2 Å². The fourth-order valence-electron chi connectivity index (χ4n) is 4.11. The van der Waals surface area contributed by atoms with Gasteiger partial charge in [0.15, 0.2) is 0 Å². The van der Waals surface area contributed by atoms with E-state index in [4.69, 9.17) is 0 Å². The van der Waals surface area contributed by atoms with Gasteiger partial charge in [-0.3, -0.25) is 34.6 Å². The maximum Gasteiger partial charge on any atom is 0.274 e. The number of carbonyl (C=O) groups excluding carboxylic acids is 3. The van der Waals surface area contributed by atoms with E-state index in [2.05, 4.69) is 0 Å². The number of hydrazine groups is 1. The number of hydrogen-bond donors (Lipinski definition) is 0. The van der Waals surface area contributed by atoms with E-state index in [0.717, 1.165) is 22.2 Å². The summed E-state index contributed by atoms with van der Waals surface area (Å²) in [5.74, 6) is -3.11. The number of nitro benzene ring substituents is 2. The van der Waals surface area contributed by atoms with E-state index in [1.165, 1.54) is 30.3 Å². The minimum Gasteiger partial charge on any atom is -0.272 e. The number of para-hydroxylation sites is 1. The number of allylic oxidation sites excluding steroid dienone is 2. The standard InChI is InChI=1S/C22H18N4O7/c27-20(14-9-11-16(12-10-14)25(30)31)23(13-15-5-1-4-8-19(15)26(32)33)24-21(28)17-6-2-3-7-18(17)22(24)29/h1-5,8-12,17-18H,6-7,13H2/t17-,18-/m1/s1. The van der Waals surface area contributed by atoms with Crippen LogP contribution in [0.15, 0.2) is 60.7 Å². The monoisotopic (exact) mass is 450 g/mol. The molecule has 0 bridgehead atoms. The smallest absolute Gasteiger partial charge is 0.272 e. The van der Waals surface area contributed by atoms with Crippen LogP contribution in [0.25, 0.3) is 0 Å². The summed E-state index contributed by atoms with van der Waals surface area (Å²) in [5, 5.41) is 24.1. The fourth-order valence-corrected chi connectivity index (χ4v) is 4.11. The fraction of sp³-hybridized carbons (Fsp3) is 0.227. The summed E-state index contributed by atoms with van der Waals surface area (Å²) >= 11 is 0. The number of fused-ring (bicyclic) bond motifs is 1. The molecule has 0 radical (unpaired) electrons. The molecule has 0 N–H and O–H groups in total. The Hall–Kier alpha value is -4.41. The van der Waals surface area contributed by atoms with Crippen molar-refractivity contribution in [3.05, 3.63) is 92.0 Å². The van der Waals surface area contributed by atoms with Gasteiger partial charge in [0.25, 0.3) is 29.1 Å². The van der Waals surface area contributed by atoms with E-state index in [9.17, 15) is 34.6 Å². The SMILES string of the molecule is O=C(c1ccc([N+](=O)[O-])cc1)N(Cc1ccccc1[N+](=O)[O-])N1C(=O)[C@@H]2CC=CC[C@H]2C1=O. The zero-order valence-corrected chi connectivity index (χ0v) is 17.2. The molecule has 3 amide bonds. The summed E-state index contributed by atoms with van der Waals surface area (Å²) in [5.41, 5.74) is -0.376. The lowest BCUT2D eigenvalue weighted by molar-refractivity contribution is -0.385. The molecule has 2 aliphatic rings. The van der Waals surface area contributed by atoms with Crippen molar-refractivity contribution < 1.29 is 24.2 Å². The van der Waals surface area contributed by atoms with Gasteiger partial charge in [-0.25, -0.2) is 5.01 Å². The molecule has 0 spiro atoms. The number of hydrogen-bond acceptors (Lipinski definition) is 7. The van der Waals surface area contributed by atoms with Crippen LogP contribution in [-0.2, 0) is 16.1 Å². The number of non-ortho nitro benzene ring substituents is 1. The summed E-state index contributed by atoms with van der Waals surface area (Å²) in [6, 6.07) is 10.4. The third kappa shape index (κ3) is 3.95. The summed E-state index contributed by atoms with van der Waals surface area (Å²) in [4.78, 5) is 60.9. The van der Waals surface area contributed by atoms with E-state index in [-0.39, 0.29) is 22.5 Å². The number of nitrogens with zero attached hydrogens (tertiary/aromatic N) is 4. The van der Waals surface area contributed by atoms with Gasteiger partial charge in [0.1, 0.15) is 0 Å². The summed E-state index contributed by atoms with van der Waals surface area (Å²) in [6.45, 7) is -0.405. The van der Waals surface area contributed by atoms with Crippen LogP contribution in [0, 0.1) is 32.1 Å². The minimum absolute atomic E-state index is 0.00668. The molecule has 1 fully saturated rings. The molecule has 2 aromatic rings. The molecule has 2 atom stereocenters. The quantitative estimate of drug-likeness (QED) is 0.285. The van der Waals surface area contributed by atoms with Gasteiger partial charge in [-0.1, -0.05) is 30.4 Å². The van der Waals surface area contributed by atoms with Gasteiger partial charge >= 0.3 is 0 Å². The Balaban J connectivity index is 1.75. The Morgan fingerprint density at radius 3 is 2.03 bits per heavy atom. The first-order chi connectivity index (χ1) is 15.8. The predicted octanol–water partition coefficient (Wildman–Crippen LogP) is 3.01. The highest BCUT2D eigenvalue weighted by molar-refractivity contribution is 6.08. The topological polar surface area (TPSA) is 144 Å². The van der Waals surface area contributed by atoms with Crippen molar-refractivity contribution in [2.24, 2.45) is 11.8 Å². The zero-order valence-electron chi connectivity index (χ0n) is 17.2. The lowest BCUT2D eigenvalue weighted by atomic mass is 9.85. The molecule has 4 rings (SSSR count). The van der Waals surface area contributed by atoms with Gasteiger partial charge in [0, 0.05) is 23.8 Å². The van der Waals surface area contributed by atoms with Crippen molar-refractivity contribution in [3.63, 3.8) is 0 Å². The Morgan fingerprint density at radius 1 is 0.909 bits per heavy atom. The molecule has 0 aromatic heterocycles. The van der Waals surface area contributed by atoms with Crippen LogP contribution in [0.4, 0.5) is 11.4 Å². The Labute approximate surface area is 187 Å². The zero-order chi connectivity index (χ0) is 23.7. The van der Waals surface area contributed by atoms with Crippen LogP contribution >= 0.6 is 0 Å². The molecule has 0 saturated carbocycles. The van der Waals surface area contributed by atoms with Crippen LogP contribution in [0.1, 0.15) is 28.8 Å². The molecular weight excluding hydrogens is 432 g/mol. The van der Waals surface area contributed by atoms with E-state index >= 15 is 0 Å². The van der Waals surface area contributed by atoms with Gasteiger partial charge < -0.3 is 0 Å². The van der Waals surface area contributed by atoms with Crippen LogP contribution in [0.5, 0.6) is 0 Å². The molecule has 1 aliphatic carbocycles. The number of carbonyl (C=O) groups is 3. The third-order valence-corrected chi connectivity index (χ3v) is 5.79. The van der Waals surface area contributed by atoms with Gasteiger partial charge in [-0.2, -0.15) is 5.01 Å². The second-order valence-electron chi connectivity index (χ2n) is 7.70. The normalized spacial score (nSPS) is 19.3. The number of benzene rings is 2. The van der Waals surface area contributed by atoms with Gasteiger partial charge in [-0.15, -0.1) is 0 Å². The Kier molecular flexibility index (Phi) is 5.69. The van der Waals surface area contributed by atoms with Crippen molar-refractivity contribution in [2.75, 3.05) is 0 Å². The number of imide groups is 1. The van der Waals surface area contributed by atoms with Gasteiger partial charge in [-0.05, 0) is 25.0 Å². The summed E-state index contributed by atoms with van der Waals surface area (Å²) in [6.07, 6.45) is 4.33. The van der Waals surface area contributed by atoms with Crippen molar-refractivity contribution in [3.8, 4) is 0 Å². The van der Waals surface area contributed by atoms with E-state index in [1.807, 2.05) is 0 Å². The highest BCUT2D eigenvalue weighted by Crippen LogP contribution is 2.37. The predicted molar refractivity (Wildman–Crippen MR) is 113 cm³/mol. The van der Waals surface area contributed by atoms with Gasteiger partial charge in [0.2, 0.25) is 0 Å². The maximum atomic E-state index is 13.4. The second kappa shape index (κ2) is 8.61. The van der Waals surface area contributed by atoms with Crippen LogP contribution in [0.2, 0.25) is 0 Å². The van der Waals surface area contributed by atoms with Crippen molar-refractivity contribution in [1.82, 2.24) is 10.0 Å². The first kappa shape index (κ1) is 21.8. The molecule has 1 saturated heterocycles. The van der Waals surface area contributed by atoms with Crippen LogP contribution in [-0.4, -0.2) is 37.6 Å². The highest BCUT2D eigenvalue weighted by atomic mass is 16.6. The lowest BCUT2D eigenvalue weighted by Gasteiger charge is -2.30. The molecule has 33 heavy (non-hydrogen) atoms. The van der Waals surface area contributed by atoms with Gasteiger partial charge in [0.05, 0.1) is 33.8 Å². The largest absolute Gasteiger partial charge is 0.274 e. The lowest BCUT2D eigenvalue weighted by Crippen LogP contribution is -2.49. The van der Waals surface area contributed by atoms with Crippen molar-refractivity contribution in [2.45, 2.75) is 19.4 Å². The molecular formula is C22H18N4O7. The third-order valence-electron chi connectivity index (χ3n) is 5.79. The average Bonchev–Trinajstić information content (AvgIpc) is 3.07. The van der Waals surface area contributed by atoms with Crippen molar-refractivity contribution in [1.29, 1.82) is 0 Å². The molecule has 168 valence electrons. The molecule has 11 heteroatoms. The van der Waals surface area contributed by atoms with Crippen molar-refractivity contribution >= 4 is 29.1 Å². The minimum atomic E-state index is -0.781. The van der Waals surface area contributed by atoms with E-state index in [0.29, 0.717) is 12.8 Å². The molecule has 2 aromatic carbocycles. The Morgan fingerprint density at radius 2 is 1.48 bits per heavy atom. The van der Waals surface area contributed by atoms with Crippen LogP contribution < -0.4 is 0 Å². The first-order valence-corrected chi connectivity index (χ1v) is 10.1. The highest BCUT2D eigenvalue weighted by Gasteiger charge is 2.51. The molecule has 11 nitrogen and oxygen atoms in total. The van der Waals surface area contributed by atoms with E-state index < -0.39 is 45.9 Å². The number of amides is 3. The average molecular weight is 450 g/mol. The summed E-state index contributed by atoms with van der Waals surface area (Å²) < 4.78 is 0. The second-order valence-corrected chi connectivity index (χ2v) is 7.70. The van der Waals surface area contributed by atoms with Crippen LogP contribution in [0.3, 0.4) is 0 Å². The molecule has 1 heterocycles. The first-order valence-electron chi connectivity index (χ1n) is 10.1. The number of rotatable bonds is 6. The summed E-state index contributed by atoms with van der Waals surface area (Å²) in [7, 11) is 0. The number of nitro groups is 2. The molecule has 1 aliphatic heterocycles. The molecule has 0 unspecified atom stereocenters. The maximum absolute atomic E-state index is 13.4.